The summed E-state index contributed by atoms with van der Waals surface area (Å²) in [5.41, 5.74) is 0.703. The van der Waals surface area contributed by atoms with E-state index in [0.29, 0.717) is 22.2 Å². The van der Waals surface area contributed by atoms with Crippen molar-refractivity contribution in [1.82, 2.24) is 10.2 Å². The average Bonchev–Trinajstić information content (AvgIpc) is 2.71. The topological polar surface area (TPSA) is 58.6 Å². The van der Waals surface area contributed by atoms with Gasteiger partial charge in [-0.05, 0) is 43.2 Å². The molecule has 0 aliphatic heterocycles. The second-order valence-electron chi connectivity index (χ2n) is 6.46. The molecular formula is C21H23Cl2FN2O3. The largest absolute Gasteiger partial charge is 0.481 e. The lowest BCUT2D eigenvalue weighted by atomic mass is 10.1. The van der Waals surface area contributed by atoms with Crippen LogP contribution in [-0.2, 0) is 16.1 Å². The van der Waals surface area contributed by atoms with E-state index in [0.717, 1.165) is 6.42 Å². The van der Waals surface area contributed by atoms with Crippen LogP contribution >= 0.6 is 23.2 Å². The van der Waals surface area contributed by atoms with Crippen LogP contribution in [0.15, 0.2) is 42.5 Å². The molecule has 0 heterocycles. The number of amides is 2. The number of benzene rings is 2. The van der Waals surface area contributed by atoms with Gasteiger partial charge in [-0.1, -0.05) is 48.3 Å². The highest BCUT2D eigenvalue weighted by Gasteiger charge is 2.26. The van der Waals surface area contributed by atoms with Gasteiger partial charge >= 0.3 is 0 Å². The highest BCUT2D eigenvalue weighted by molar-refractivity contribution is 6.42. The number of carbonyl (C=O) groups excluding carboxylic acids is 2. The molecule has 5 nitrogen and oxygen atoms in total. The van der Waals surface area contributed by atoms with E-state index in [1.807, 2.05) is 6.92 Å². The Kier molecular flexibility index (Phi) is 8.73. The standard InChI is InChI=1S/C21H23Cl2FN2O3/c1-3-10-25-21(28)14(2)26(12-15-8-9-16(22)17(23)11-15)20(27)13-29-19-7-5-4-6-18(19)24/h4-9,11,14H,3,10,12-13H2,1-2H3,(H,25,28). The van der Waals surface area contributed by atoms with Crippen molar-refractivity contribution in [3.8, 4) is 5.75 Å². The zero-order valence-electron chi connectivity index (χ0n) is 16.3. The SMILES string of the molecule is CCCNC(=O)C(C)N(Cc1ccc(Cl)c(Cl)c1)C(=O)COc1ccccc1F. The number of ether oxygens (including phenoxy) is 1. The van der Waals surface area contributed by atoms with Crippen molar-refractivity contribution in [3.05, 3.63) is 63.9 Å². The van der Waals surface area contributed by atoms with E-state index in [4.69, 9.17) is 27.9 Å². The number of para-hydroxylation sites is 1. The lowest BCUT2D eigenvalue weighted by molar-refractivity contribution is -0.142. The van der Waals surface area contributed by atoms with Crippen LogP contribution in [0, 0.1) is 5.82 Å². The summed E-state index contributed by atoms with van der Waals surface area (Å²) in [4.78, 5) is 26.6. The molecule has 156 valence electrons. The Morgan fingerprint density at radius 3 is 2.55 bits per heavy atom. The molecule has 1 atom stereocenters. The maximum absolute atomic E-state index is 13.8. The molecule has 2 aromatic carbocycles. The molecule has 8 heteroatoms. The Hall–Kier alpha value is -2.31. The maximum atomic E-state index is 13.8. The monoisotopic (exact) mass is 440 g/mol. The molecule has 2 aromatic rings. The highest BCUT2D eigenvalue weighted by Crippen LogP contribution is 2.24. The second kappa shape index (κ2) is 11.0. The van der Waals surface area contributed by atoms with Gasteiger partial charge in [-0.2, -0.15) is 0 Å². The first kappa shape index (κ1) is 23.0. The van der Waals surface area contributed by atoms with Gasteiger partial charge in [0, 0.05) is 13.1 Å². The van der Waals surface area contributed by atoms with Gasteiger partial charge in [0.25, 0.3) is 5.91 Å². The van der Waals surface area contributed by atoms with Crippen molar-refractivity contribution in [2.24, 2.45) is 0 Å². The quantitative estimate of drug-likeness (QED) is 0.626. The van der Waals surface area contributed by atoms with Crippen molar-refractivity contribution >= 4 is 35.0 Å². The molecule has 29 heavy (non-hydrogen) atoms. The summed E-state index contributed by atoms with van der Waals surface area (Å²) in [6.45, 7) is 3.78. The first-order valence-corrected chi connectivity index (χ1v) is 9.97. The molecule has 2 amide bonds. The molecule has 0 aliphatic rings. The lowest BCUT2D eigenvalue weighted by Crippen LogP contribution is -2.49. The van der Waals surface area contributed by atoms with Crippen molar-refractivity contribution in [2.45, 2.75) is 32.9 Å². The van der Waals surface area contributed by atoms with E-state index in [-0.39, 0.29) is 18.2 Å². The molecule has 1 unspecified atom stereocenters. The zero-order chi connectivity index (χ0) is 21.4. The Morgan fingerprint density at radius 2 is 1.90 bits per heavy atom. The number of hydrogen-bond acceptors (Lipinski definition) is 3. The summed E-state index contributed by atoms with van der Waals surface area (Å²) in [5, 5.41) is 3.52. The predicted molar refractivity (Wildman–Crippen MR) is 112 cm³/mol. The van der Waals surface area contributed by atoms with Gasteiger partial charge in [0.2, 0.25) is 5.91 Å². The Bertz CT molecular complexity index is 864. The van der Waals surface area contributed by atoms with E-state index in [2.05, 4.69) is 5.32 Å². The number of nitrogens with one attached hydrogen (secondary N) is 1. The number of nitrogens with zero attached hydrogens (tertiary/aromatic N) is 1. The van der Waals surface area contributed by atoms with E-state index in [1.165, 1.54) is 23.1 Å². The van der Waals surface area contributed by atoms with Gasteiger partial charge in [-0.15, -0.1) is 0 Å². The molecule has 0 saturated heterocycles. The number of halogens is 3. The fourth-order valence-corrected chi connectivity index (χ4v) is 2.92. The number of rotatable bonds is 9. The lowest BCUT2D eigenvalue weighted by Gasteiger charge is -2.29. The third kappa shape index (κ3) is 6.61. The summed E-state index contributed by atoms with van der Waals surface area (Å²) in [6.07, 6.45) is 0.773. The summed E-state index contributed by atoms with van der Waals surface area (Å²) in [5.74, 6) is -1.34. The van der Waals surface area contributed by atoms with E-state index >= 15 is 0 Å². The van der Waals surface area contributed by atoms with Crippen LogP contribution in [0.4, 0.5) is 4.39 Å². The van der Waals surface area contributed by atoms with Crippen molar-refractivity contribution in [3.63, 3.8) is 0 Å². The van der Waals surface area contributed by atoms with Crippen LogP contribution in [0.1, 0.15) is 25.8 Å². The smallest absolute Gasteiger partial charge is 0.261 e. The van der Waals surface area contributed by atoms with Gasteiger partial charge in [0.1, 0.15) is 6.04 Å². The summed E-state index contributed by atoms with van der Waals surface area (Å²) in [6, 6.07) is 10.0. The first-order chi connectivity index (χ1) is 13.8. The van der Waals surface area contributed by atoms with Crippen LogP contribution in [0.25, 0.3) is 0 Å². The molecule has 0 radical (unpaired) electrons. The minimum absolute atomic E-state index is 0.0292. The normalized spacial score (nSPS) is 11.6. The molecule has 0 aromatic heterocycles. The third-order valence-electron chi connectivity index (χ3n) is 4.24. The fraction of sp³-hybridized carbons (Fsp3) is 0.333. The molecule has 0 aliphatic carbocycles. The number of carbonyl (C=O) groups is 2. The second-order valence-corrected chi connectivity index (χ2v) is 7.27. The van der Waals surface area contributed by atoms with Crippen molar-refractivity contribution < 1.29 is 18.7 Å². The van der Waals surface area contributed by atoms with Crippen LogP contribution in [0.2, 0.25) is 10.0 Å². The van der Waals surface area contributed by atoms with E-state index < -0.39 is 24.4 Å². The number of hydrogen-bond donors (Lipinski definition) is 1. The Morgan fingerprint density at radius 1 is 1.17 bits per heavy atom. The van der Waals surface area contributed by atoms with Crippen LogP contribution in [-0.4, -0.2) is 35.9 Å². The summed E-state index contributed by atoms with van der Waals surface area (Å²) in [7, 11) is 0. The Labute approximate surface area is 179 Å². The molecule has 0 fully saturated rings. The molecule has 0 bridgehead atoms. The molecule has 1 N–H and O–H groups in total. The van der Waals surface area contributed by atoms with Gasteiger partial charge < -0.3 is 15.0 Å². The third-order valence-corrected chi connectivity index (χ3v) is 4.98. The summed E-state index contributed by atoms with van der Waals surface area (Å²) >= 11 is 12.0. The zero-order valence-corrected chi connectivity index (χ0v) is 17.8. The van der Waals surface area contributed by atoms with Gasteiger partial charge in [0.15, 0.2) is 18.2 Å². The molecule has 0 spiro atoms. The van der Waals surface area contributed by atoms with Crippen LogP contribution < -0.4 is 10.1 Å². The molecular weight excluding hydrogens is 418 g/mol. The maximum Gasteiger partial charge on any atom is 0.261 e. The van der Waals surface area contributed by atoms with Crippen molar-refractivity contribution in [1.29, 1.82) is 0 Å². The van der Waals surface area contributed by atoms with Gasteiger partial charge in [0.05, 0.1) is 10.0 Å². The molecule has 2 rings (SSSR count). The van der Waals surface area contributed by atoms with Gasteiger partial charge in [-0.25, -0.2) is 4.39 Å². The van der Waals surface area contributed by atoms with Crippen LogP contribution in [0.3, 0.4) is 0 Å². The minimum atomic E-state index is -0.757. The first-order valence-electron chi connectivity index (χ1n) is 9.22. The fourth-order valence-electron chi connectivity index (χ4n) is 2.60. The molecule has 0 saturated carbocycles. The summed E-state index contributed by atoms with van der Waals surface area (Å²) < 4.78 is 19.1. The van der Waals surface area contributed by atoms with E-state index in [9.17, 15) is 14.0 Å². The van der Waals surface area contributed by atoms with Gasteiger partial charge in [-0.3, -0.25) is 9.59 Å². The van der Waals surface area contributed by atoms with Crippen LogP contribution in [0.5, 0.6) is 5.75 Å². The van der Waals surface area contributed by atoms with Crippen molar-refractivity contribution in [2.75, 3.05) is 13.2 Å². The van der Waals surface area contributed by atoms with E-state index in [1.54, 1.807) is 31.2 Å². The Balaban J connectivity index is 2.17. The predicted octanol–water partition coefficient (Wildman–Crippen LogP) is 4.45. The average molecular weight is 441 g/mol. The highest BCUT2D eigenvalue weighted by atomic mass is 35.5. The minimum Gasteiger partial charge on any atom is -0.481 e.